The zero-order valence-corrected chi connectivity index (χ0v) is 23.2. The van der Waals surface area contributed by atoms with Gasteiger partial charge in [-0.3, -0.25) is 19.3 Å². The molecule has 1 aromatic carbocycles. The van der Waals surface area contributed by atoms with E-state index in [9.17, 15) is 19.1 Å². The van der Waals surface area contributed by atoms with E-state index in [4.69, 9.17) is 0 Å². The van der Waals surface area contributed by atoms with Crippen molar-refractivity contribution in [1.29, 1.82) is 0 Å². The molecular formula is C30H30F2N6O3. The summed E-state index contributed by atoms with van der Waals surface area (Å²) >= 11 is 0. The normalized spacial score (nSPS) is 15.5. The number of aromatic hydroxyl groups is 1. The molecule has 0 radical (unpaired) electrons. The van der Waals surface area contributed by atoms with Gasteiger partial charge in [0.25, 0.3) is 0 Å². The van der Waals surface area contributed by atoms with Gasteiger partial charge in [0.05, 0.1) is 22.3 Å². The topological polar surface area (TPSA) is 104 Å². The number of aryl methyl sites for hydroxylation is 1. The van der Waals surface area contributed by atoms with Crippen molar-refractivity contribution in [3.05, 3.63) is 82.7 Å². The van der Waals surface area contributed by atoms with E-state index in [0.29, 0.717) is 36.6 Å². The van der Waals surface area contributed by atoms with Gasteiger partial charge in [0, 0.05) is 38.1 Å². The highest BCUT2D eigenvalue weighted by atomic mass is 19.1. The van der Waals surface area contributed by atoms with E-state index < -0.39 is 34.3 Å². The average Bonchev–Trinajstić information content (AvgIpc) is 2.93. The van der Waals surface area contributed by atoms with Crippen LogP contribution in [-0.2, 0) is 4.79 Å². The second-order valence-electron chi connectivity index (χ2n) is 10.4. The minimum atomic E-state index is -0.991. The molecule has 1 unspecified atom stereocenters. The van der Waals surface area contributed by atoms with Crippen molar-refractivity contribution in [1.82, 2.24) is 24.4 Å². The number of phenols is 1. The average molecular weight is 561 g/mol. The van der Waals surface area contributed by atoms with Crippen LogP contribution in [0.4, 0.5) is 14.6 Å². The van der Waals surface area contributed by atoms with Crippen LogP contribution in [0.15, 0.2) is 54.1 Å². The fraction of sp³-hybridized carbons (Fsp3) is 0.300. The van der Waals surface area contributed by atoms with Gasteiger partial charge in [-0.05, 0) is 49.6 Å². The first kappa shape index (κ1) is 27.9. The third kappa shape index (κ3) is 4.71. The lowest BCUT2D eigenvalue weighted by atomic mass is 10.0. The van der Waals surface area contributed by atoms with Crippen LogP contribution in [0.2, 0.25) is 0 Å². The van der Waals surface area contributed by atoms with Crippen LogP contribution < -0.4 is 10.6 Å². The summed E-state index contributed by atoms with van der Waals surface area (Å²) in [4.78, 5) is 42.7. The zero-order chi connectivity index (χ0) is 29.6. The van der Waals surface area contributed by atoms with E-state index in [2.05, 4.69) is 21.5 Å². The number of pyridine rings is 2. The van der Waals surface area contributed by atoms with Crippen LogP contribution in [-0.4, -0.2) is 61.1 Å². The Kier molecular flexibility index (Phi) is 7.29. The lowest BCUT2D eigenvalue weighted by Gasteiger charge is -2.40. The lowest BCUT2D eigenvalue weighted by Crippen LogP contribution is -2.54. The fourth-order valence-electron chi connectivity index (χ4n) is 5.39. The predicted octanol–water partition coefficient (Wildman–Crippen LogP) is 4.48. The summed E-state index contributed by atoms with van der Waals surface area (Å²) in [5.41, 5.74) is -0.183. The first-order valence-corrected chi connectivity index (χ1v) is 13.3. The Morgan fingerprint density at radius 1 is 1.20 bits per heavy atom. The van der Waals surface area contributed by atoms with Gasteiger partial charge in [0.1, 0.15) is 28.6 Å². The van der Waals surface area contributed by atoms with Crippen LogP contribution in [0.25, 0.3) is 27.8 Å². The highest BCUT2D eigenvalue weighted by Gasteiger charge is 2.31. The van der Waals surface area contributed by atoms with Gasteiger partial charge >= 0.3 is 5.69 Å². The molecular weight excluding hydrogens is 530 g/mol. The maximum atomic E-state index is 16.7. The summed E-state index contributed by atoms with van der Waals surface area (Å²) in [6.45, 7) is 12.0. The second-order valence-corrected chi connectivity index (χ2v) is 10.4. The molecule has 4 aromatic rings. The Morgan fingerprint density at radius 2 is 1.95 bits per heavy atom. The highest BCUT2D eigenvalue weighted by molar-refractivity contribution is 5.94. The molecule has 1 N–H and O–H groups in total. The molecule has 41 heavy (non-hydrogen) atoms. The van der Waals surface area contributed by atoms with Crippen LogP contribution in [0.1, 0.15) is 37.9 Å². The summed E-state index contributed by atoms with van der Waals surface area (Å²) in [6, 6.07) is 5.08. The van der Waals surface area contributed by atoms with Crippen molar-refractivity contribution in [2.75, 3.05) is 24.5 Å². The third-order valence-corrected chi connectivity index (χ3v) is 7.39. The van der Waals surface area contributed by atoms with Gasteiger partial charge < -0.3 is 14.9 Å². The van der Waals surface area contributed by atoms with E-state index in [1.54, 1.807) is 24.1 Å². The van der Waals surface area contributed by atoms with Crippen molar-refractivity contribution >= 4 is 22.6 Å². The summed E-state index contributed by atoms with van der Waals surface area (Å²) in [5, 5.41) is 10.7. The summed E-state index contributed by atoms with van der Waals surface area (Å²) in [5.74, 6) is -2.48. The molecule has 3 aromatic heterocycles. The van der Waals surface area contributed by atoms with Crippen LogP contribution in [0, 0.1) is 18.6 Å². The maximum Gasteiger partial charge on any atom is 0.354 e. The maximum absolute atomic E-state index is 16.7. The van der Waals surface area contributed by atoms with Crippen LogP contribution in [0.5, 0.6) is 5.75 Å². The van der Waals surface area contributed by atoms with Gasteiger partial charge in [0.2, 0.25) is 5.91 Å². The molecule has 1 atom stereocenters. The lowest BCUT2D eigenvalue weighted by molar-refractivity contribution is -0.126. The number of phenolic OH excluding ortho intramolecular Hbond substituents is 1. The number of hydrogen-bond acceptors (Lipinski definition) is 7. The van der Waals surface area contributed by atoms with Crippen molar-refractivity contribution in [3.63, 3.8) is 0 Å². The number of fused-ring (bicyclic) bond motifs is 1. The molecule has 1 fully saturated rings. The molecule has 0 bridgehead atoms. The van der Waals surface area contributed by atoms with E-state index in [-0.39, 0.29) is 34.6 Å². The molecule has 9 nitrogen and oxygen atoms in total. The van der Waals surface area contributed by atoms with Crippen LogP contribution in [0.3, 0.4) is 0 Å². The van der Waals surface area contributed by atoms with Gasteiger partial charge in [-0.2, -0.15) is 4.98 Å². The van der Waals surface area contributed by atoms with Gasteiger partial charge in [0.15, 0.2) is 5.82 Å². The Morgan fingerprint density at radius 3 is 2.61 bits per heavy atom. The second kappa shape index (κ2) is 10.7. The number of aromatic nitrogens is 4. The number of carbonyl (C=O) groups excluding carboxylic acids is 1. The number of hydrogen-bond donors (Lipinski definition) is 1. The standard InChI is InChI=1S/C30H30F2N6O3/c1-6-22(40)36-12-13-37(18(5)15-36)29-19-14-34-26(23-20(31)8-7-9-21(23)39)24(32)28(19)38(30(41)35-29)27-17(4)10-11-33-25(27)16(2)3/h6-11,14,16,18,39H,1,12-13,15H2,2-5H3. The number of benzene rings is 1. The van der Waals surface area contributed by atoms with Gasteiger partial charge in [-0.1, -0.05) is 26.5 Å². The Balaban J connectivity index is 1.84. The summed E-state index contributed by atoms with van der Waals surface area (Å²) < 4.78 is 32.8. The number of anilines is 1. The number of amides is 1. The van der Waals surface area contributed by atoms with E-state index in [1.165, 1.54) is 24.4 Å². The SMILES string of the molecule is C=CC(=O)N1CCN(c2nc(=O)n(-c3c(C)ccnc3C(C)C)c3c(F)c(-c4c(O)cccc4F)ncc23)C(C)C1. The fourth-order valence-corrected chi connectivity index (χ4v) is 5.39. The van der Waals surface area contributed by atoms with Crippen molar-refractivity contribution in [2.24, 2.45) is 0 Å². The van der Waals surface area contributed by atoms with E-state index in [1.807, 2.05) is 25.7 Å². The molecule has 5 rings (SSSR count). The van der Waals surface area contributed by atoms with Crippen molar-refractivity contribution < 1.29 is 18.7 Å². The number of rotatable bonds is 5. The number of carbonyl (C=O) groups is 1. The van der Waals surface area contributed by atoms with E-state index >= 15 is 4.39 Å². The van der Waals surface area contributed by atoms with Crippen LogP contribution >= 0.6 is 0 Å². The Bertz CT molecular complexity index is 1730. The molecule has 0 spiro atoms. The summed E-state index contributed by atoms with van der Waals surface area (Å²) in [7, 11) is 0. The zero-order valence-electron chi connectivity index (χ0n) is 23.2. The molecule has 1 amide bonds. The smallest absolute Gasteiger partial charge is 0.354 e. The minimum Gasteiger partial charge on any atom is -0.507 e. The quantitative estimate of drug-likeness (QED) is 0.359. The molecule has 1 aliphatic rings. The van der Waals surface area contributed by atoms with Crippen molar-refractivity contribution in [3.8, 4) is 22.7 Å². The van der Waals surface area contributed by atoms with Crippen molar-refractivity contribution in [2.45, 2.75) is 39.7 Å². The molecule has 0 aliphatic carbocycles. The summed E-state index contributed by atoms with van der Waals surface area (Å²) in [6.07, 6.45) is 4.21. The molecule has 1 saturated heterocycles. The monoisotopic (exact) mass is 560 g/mol. The number of piperazine rings is 1. The Labute approximate surface area is 235 Å². The van der Waals surface area contributed by atoms with Gasteiger partial charge in [-0.25, -0.2) is 13.6 Å². The molecule has 11 heteroatoms. The first-order chi connectivity index (χ1) is 19.5. The minimum absolute atomic E-state index is 0.123. The third-order valence-electron chi connectivity index (χ3n) is 7.39. The number of halogens is 2. The highest BCUT2D eigenvalue weighted by Crippen LogP contribution is 2.38. The Hall–Kier alpha value is -4.67. The van der Waals surface area contributed by atoms with Gasteiger partial charge in [-0.15, -0.1) is 0 Å². The number of nitrogens with zero attached hydrogens (tertiary/aromatic N) is 6. The molecule has 0 saturated carbocycles. The predicted molar refractivity (Wildman–Crippen MR) is 152 cm³/mol. The van der Waals surface area contributed by atoms with E-state index in [0.717, 1.165) is 10.6 Å². The molecule has 4 heterocycles. The first-order valence-electron chi connectivity index (χ1n) is 13.3. The molecule has 1 aliphatic heterocycles. The molecule has 212 valence electrons. The largest absolute Gasteiger partial charge is 0.507 e.